The van der Waals surface area contributed by atoms with Crippen LogP contribution in [0.4, 0.5) is 13.2 Å². The predicted molar refractivity (Wildman–Crippen MR) is 86.6 cm³/mol. The largest absolute Gasteiger partial charge is 0.416 e. The van der Waals surface area contributed by atoms with E-state index in [0.717, 1.165) is 25.2 Å². The molecule has 2 nitrogen and oxygen atoms in total. The van der Waals surface area contributed by atoms with Gasteiger partial charge in [-0.15, -0.1) is 0 Å². The molecule has 24 heavy (non-hydrogen) atoms. The highest BCUT2D eigenvalue weighted by atomic mass is 19.4. The minimum absolute atomic E-state index is 0.196. The van der Waals surface area contributed by atoms with Crippen molar-refractivity contribution in [2.24, 2.45) is 5.92 Å². The summed E-state index contributed by atoms with van der Waals surface area (Å²) in [6.07, 6.45) is -4.32. The first-order chi connectivity index (χ1) is 11.5. The molecule has 1 fully saturated rings. The van der Waals surface area contributed by atoms with Crippen molar-refractivity contribution in [3.8, 4) is 0 Å². The SMILES string of the molecule is FC(F)(F)c1cccc(COC[C@@H]2CNC[C@H]2c2ccccc2)c1. The van der Waals surface area contributed by atoms with Crippen LogP contribution in [0.25, 0.3) is 0 Å². The van der Waals surface area contributed by atoms with E-state index in [-0.39, 0.29) is 6.61 Å². The van der Waals surface area contributed by atoms with Gasteiger partial charge in [-0.25, -0.2) is 0 Å². The van der Waals surface area contributed by atoms with E-state index < -0.39 is 11.7 Å². The molecule has 2 aromatic carbocycles. The van der Waals surface area contributed by atoms with Crippen LogP contribution in [-0.2, 0) is 17.5 Å². The Labute approximate surface area is 139 Å². The second kappa shape index (κ2) is 7.36. The molecule has 1 N–H and O–H groups in total. The third-order valence-electron chi connectivity index (χ3n) is 4.42. The van der Waals surface area contributed by atoms with Crippen LogP contribution >= 0.6 is 0 Å². The smallest absolute Gasteiger partial charge is 0.376 e. The number of hydrogen-bond acceptors (Lipinski definition) is 2. The van der Waals surface area contributed by atoms with Gasteiger partial charge in [-0.05, 0) is 23.3 Å². The lowest BCUT2D eigenvalue weighted by molar-refractivity contribution is -0.137. The lowest BCUT2D eigenvalue weighted by Crippen LogP contribution is -2.17. The molecule has 1 heterocycles. The molecule has 0 unspecified atom stereocenters. The first-order valence-corrected chi connectivity index (χ1v) is 8.03. The van der Waals surface area contributed by atoms with Crippen LogP contribution in [0, 0.1) is 5.92 Å². The van der Waals surface area contributed by atoms with Crippen molar-refractivity contribution in [1.29, 1.82) is 0 Å². The third kappa shape index (κ3) is 4.16. The number of ether oxygens (including phenoxy) is 1. The van der Waals surface area contributed by atoms with E-state index in [4.69, 9.17) is 4.74 Å². The molecular formula is C19H20F3NO. The average Bonchev–Trinajstić information content (AvgIpc) is 3.04. The van der Waals surface area contributed by atoms with Gasteiger partial charge in [0.2, 0.25) is 0 Å². The average molecular weight is 335 g/mol. The highest BCUT2D eigenvalue weighted by Crippen LogP contribution is 2.30. The molecule has 2 aromatic rings. The maximum atomic E-state index is 12.7. The zero-order chi connectivity index (χ0) is 17.0. The van der Waals surface area contributed by atoms with Crippen LogP contribution in [0.15, 0.2) is 54.6 Å². The zero-order valence-corrected chi connectivity index (χ0v) is 13.2. The van der Waals surface area contributed by atoms with E-state index in [9.17, 15) is 13.2 Å². The Morgan fingerprint density at radius 1 is 1.00 bits per heavy atom. The van der Waals surface area contributed by atoms with Crippen molar-refractivity contribution in [3.63, 3.8) is 0 Å². The molecule has 2 atom stereocenters. The van der Waals surface area contributed by atoms with Crippen LogP contribution in [0.5, 0.6) is 0 Å². The fourth-order valence-electron chi connectivity index (χ4n) is 3.16. The standard InChI is InChI=1S/C19H20F3NO/c20-19(21,22)17-8-4-5-14(9-17)12-24-13-16-10-23-11-18(16)15-6-2-1-3-7-15/h1-9,16,18,23H,10-13H2/t16-,18-/m0/s1. The van der Waals surface area contributed by atoms with Crippen LogP contribution in [0.2, 0.25) is 0 Å². The first-order valence-electron chi connectivity index (χ1n) is 8.03. The van der Waals surface area contributed by atoms with Crippen LogP contribution in [0.1, 0.15) is 22.6 Å². The van der Waals surface area contributed by atoms with E-state index in [2.05, 4.69) is 17.4 Å². The van der Waals surface area contributed by atoms with Crippen molar-refractivity contribution in [1.82, 2.24) is 5.32 Å². The highest BCUT2D eigenvalue weighted by Gasteiger charge is 2.31. The number of alkyl halides is 3. The molecule has 0 amide bonds. The van der Waals surface area contributed by atoms with Gasteiger partial charge in [0.05, 0.1) is 18.8 Å². The fraction of sp³-hybridized carbons (Fsp3) is 0.368. The molecule has 0 radical (unpaired) electrons. The van der Waals surface area contributed by atoms with E-state index in [0.29, 0.717) is 24.0 Å². The quantitative estimate of drug-likeness (QED) is 0.883. The fourth-order valence-corrected chi connectivity index (χ4v) is 3.16. The van der Waals surface area contributed by atoms with E-state index in [1.807, 2.05) is 18.2 Å². The Morgan fingerprint density at radius 3 is 2.54 bits per heavy atom. The second-order valence-electron chi connectivity index (χ2n) is 6.15. The summed E-state index contributed by atoms with van der Waals surface area (Å²) >= 11 is 0. The van der Waals surface area contributed by atoms with Gasteiger partial charge in [0.15, 0.2) is 0 Å². The minimum atomic E-state index is -4.32. The van der Waals surface area contributed by atoms with Gasteiger partial charge in [0, 0.05) is 24.9 Å². The molecule has 0 spiro atoms. The molecule has 5 heteroatoms. The second-order valence-corrected chi connectivity index (χ2v) is 6.15. The maximum Gasteiger partial charge on any atom is 0.416 e. The number of benzene rings is 2. The van der Waals surface area contributed by atoms with Crippen LogP contribution in [-0.4, -0.2) is 19.7 Å². The number of hydrogen-bond donors (Lipinski definition) is 1. The van der Waals surface area contributed by atoms with E-state index in [1.165, 1.54) is 11.6 Å². The van der Waals surface area contributed by atoms with Crippen molar-refractivity contribution >= 4 is 0 Å². The molecule has 1 saturated heterocycles. The van der Waals surface area contributed by atoms with Crippen molar-refractivity contribution in [3.05, 3.63) is 71.3 Å². The van der Waals surface area contributed by atoms with Crippen molar-refractivity contribution in [2.75, 3.05) is 19.7 Å². The summed E-state index contributed by atoms with van der Waals surface area (Å²) in [5, 5.41) is 3.37. The van der Waals surface area contributed by atoms with Gasteiger partial charge in [-0.1, -0.05) is 42.5 Å². The van der Waals surface area contributed by atoms with Crippen molar-refractivity contribution < 1.29 is 17.9 Å². The minimum Gasteiger partial charge on any atom is -0.376 e. The Bertz CT molecular complexity index is 657. The Morgan fingerprint density at radius 2 is 1.79 bits per heavy atom. The van der Waals surface area contributed by atoms with Crippen LogP contribution < -0.4 is 5.32 Å². The van der Waals surface area contributed by atoms with E-state index >= 15 is 0 Å². The molecule has 128 valence electrons. The molecule has 0 aliphatic carbocycles. The summed E-state index contributed by atoms with van der Waals surface area (Å²) in [5.74, 6) is 0.714. The normalized spacial score (nSPS) is 21.1. The third-order valence-corrected chi connectivity index (χ3v) is 4.42. The van der Waals surface area contributed by atoms with Gasteiger partial charge in [0.25, 0.3) is 0 Å². The molecule has 0 saturated carbocycles. The summed E-state index contributed by atoms with van der Waals surface area (Å²) in [5.41, 5.74) is 1.19. The lowest BCUT2D eigenvalue weighted by atomic mass is 9.89. The molecule has 1 aliphatic rings. The summed E-state index contributed by atoms with van der Waals surface area (Å²) in [6, 6.07) is 15.6. The van der Waals surface area contributed by atoms with Gasteiger partial charge < -0.3 is 10.1 Å². The Hall–Kier alpha value is -1.85. The summed E-state index contributed by atoms with van der Waals surface area (Å²) in [6.45, 7) is 2.49. The monoisotopic (exact) mass is 335 g/mol. The molecule has 1 aliphatic heterocycles. The summed E-state index contributed by atoms with van der Waals surface area (Å²) in [7, 11) is 0. The number of rotatable bonds is 5. The molecule has 3 rings (SSSR count). The predicted octanol–water partition coefficient (Wildman–Crippen LogP) is 4.23. The van der Waals surface area contributed by atoms with Gasteiger partial charge in [0.1, 0.15) is 0 Å². The van der Waals surface area contributed by atoms with Gasteiger partial charge >= 0.3 is 6.18 Å². The highest BCUT2D eigenvalue weighted by molar-refractivity contribution is 5.25. The summed E-state index contributed by atoms with van der Waals surface area (Å²) in [4.78, 5) is 0. The molecule has 0 aromatic heterocycles. The van der Waals surface area contributed by atoms with Gasteiger partial charge in [-0.2, -0.15) is 13.2 Å². The van der Waals surface area contributed by atoms with Crippen LogP contribution in [0.3, 0.4) is 0 Å². The molecule has 0 bridgehead atoms. The maximum absolute atomic E-state index is 12.7. The van der Waals surface area contributed by atoms with Gasteiger partial charge in [-0.3, -0.25) is 0 Å². The zero-order valence-electron chi connectivity index (χ0n) is 13.2. The number of nitrogens with one attached hydrogen (secondary N) is 1. The topological polar surface area (TPSA) is 21.3 Å². The van der Waals surface area contributed by atoms with E-state index in [1.54, 1.807) is 6.07 Å². The number of halogens is 3. The van der Waals surface area contributed by atoms with Crippen molar-refractivity contribution in [2.45, 2.75) is 18.7 Å². The summed E-state index contributed by atoms with van der Waals surface area (Å²) < 4.78 is 43.9. The first kappa shape index (κ1) is 17.0. The Balaban J connectivity index is 1.56. The molecular weight excluding hydrogens is 315 g/mol. The Kier molecular flexibility index (Phi) is 5.21. The lowest BCUT2D eigenvalue weighted by Gasteiger charge is -2.19.